The molecule has 2 rings (SSSR count). The summed E-state index contributed by atoms with van der Waals surface area (Å²) in [6.07, 6.45) is 1.45. The molecular weight excluding hydrogens is 360 g/mol. The minimum atomic E-state index is -1.05. The Kier molecular flexibility index (Phi) is 7.93. The van der Waals surface area contributed by atoms with Crippen molar-refractivity contribution < 1.29 is 25.2 Å². The molecule has 1 heterocycles. The molecule has 0 amide bonds. The summed E-state index contributed by atoms with van der Waals surface area (Å²) in [6, 6.07) is 7.18. The number of benzene rings is 1. The van der Waals surface area contributed by atoms with Crippen LogP contribution in [0.15, 0.2) is 24.3 Å². The zero-order valence-electron chi connectivity index (χ0n) is 14.1. The van der Waals surface area contributed by atoms with Gasteiger partial charge in [0, 0.05) is 0 Å². The van der Waals surface area contributed by atoms with Crippen LogP contribution in [0, 0.1) is 0 Å². The van der Waals surface area contributed by atoms with E-state index in [-0.39, 0.29) is 22.7 Å². The van der Waals surface area contributed by atoms with E-state index >= 15 is 0 Å². The van der Waals surface area contributed by atoms with Crippen molar-refractivity contribution in [1.29, 1.82) is 0 Å². The first kappa shape index (κ1) is 20.4. The lowest BCUT2D eigenvalue weighted by atomic mass is 10.0. The van der Waals surface area contributed by atoms with Crippen LogP contribution in [0.25, 0.3) is 0 Å². The Morgan fingerprint density at radius 1 is 1.12 bits per heavy atom. The first-order valence-electron chi connectivity index (χ1n) is 8.52. The lowest BCUT2D eigenvalue weighted by molar-refractivity contribution is -0.139. The standard InChI is InChI=1S/C18H26O5S2/c19-14-4-2-13(3-5-14)6-7-18(24-8-1-9-25-18)12-16(21)10-15(20)11-17(22)23/h2-5,15-16,19-21H,1,6-12H2,(H,22,23)/t15-,16+/m0/s1. The molecule has 0 saturated carbocycles. The number of carboxylic acid groups (broad SMARTS) is 1. The van der Waals surface area contributed by atoms with Crippen LogP contribution >= 0.6 is 23.5 Å². The highest BCUT2D eigenvalue weighted by molar-refractivity contribution is 8.18. The number of aliphatic hydroxyl groups excluding tert-OH is 2. The molecule has 1 aromatic rings. The van der Waals surface area contributed by atoms with Crippen LogP contribution in [-0.4, -0.2) is 54.2 Å². The third-order valence-electron chi connectivity index (χ3n) is 4.25. The second-order valence-electron chi connectivity index (χ2n) is 6.47. The normalized spacial score (nSPS) is 19.3. The number of aryl methyl sites for hydroxylation is 1. The molecule has 7 heteroatoms. The van der Waals surface area contributed by atoms with E-state index in [1.807, 2.05) is 35.7 Å². The number of aromatic hydroxyl groups is 1. The van der Waals surface area contributed by atoms with E-state index in [2.05, 4.69) is 0 Å². The molecule has 0 bridgehead atoms. The fourth-order valence-electron chi connectivity index (χ4n) is 3.02. The molecular formula is C18H26O5S2. The summed E-state index contributed by atoms with van der Waals surface area (Å²) in [5.74, 6) is 1.30. The zero-order chi connectivity index (χ0) is 18.3. The maximum atomic E-state index is 10.7. The van der Waals surface area contributed by atoms with Gasteiger partial charge in [-0.2, -0.15) is 0 Å². The van der Waals surface area contributed by atoms with Gasteiger partial charge in [0.2, 0.25) is 0 Å². The van der Waals surface area contributed by atoms with E-state index < -0.39 is 18.2 Å². The zero-order valence-corrected chi connectivity index (χ0v) is 15.8. The Labute approximate surface area is 156 Å². The molecule has 0 unspecified atom stereocenters. The molecule has 0 radical (unpaired) electrons. The van der Waals surface area contributed by atoms with E-state index in [0.29, 0.717) is 6.42 Å². The minimum Gasteiger partial charge on any atom is -0.508 e. The average Bonchev–Trinajstić information content (AvgIpc) is 2.54. The van der Waals surface area contributed by atoms with Gasteiger partial charge in [0.25, 0.3) is 0 Å². The fourth-order valence-corrected chi connectivity index (χ4v) is 6.47. The van der Waals surface area contributed by atoms with Gasteiger partial charge in [-0.25, -0.2) is 0 Å². The van der Waals surface area contributed by atoms with Gasteiger partial charge < -0.3 is 20.4 Å². The Hall–Kier alpha value is -0.890. The van der Waals surface area contributed by atoms with Crippen molar-refractivity contribution in [2.75, 3.05) is 11.5 Å². The molecule has 1 aliphatic heterocycles. The van der Waals surface area contributed by atoms with Gasteiger partial charge in [0.1, 0.15) is 5.75 Å². The third-order valence-corrected chi connectivity index (χ3v) is 7.74. The van der Waals surface area contributed by atoms with E-state index in [1.54, 1.807) is 12.1 Å². The van der Waals surface area contributed by atoms with E-state index in [9.17, 15) is 20.1 Å². The van der Waals surface area contributed by atoms with Crippen molar-refractivity contribution in [2.24, 2.45) is 0 Å². The lowest BCUT2D eigenvalue weighted by Gasteiger charge is -2.38. The average molecular weight is 387 g/mol. The minimum absolute atomic E-state index is 0.0916. The van der Waals surface area contributed by atoms with Crippen LogP contribution in [0.1, 0.15) is 37.7 Å². The van der Waals surface area contributed by atoms with Crippen LogP contribution in [0.3, 0.4) is 0 Å². The third kappa shape index (κ3) is 7.09. The number of carboxylic acids is 1. The van der Waals surface area contributed by atoms with Gasteiger partial charge in [-0.15, -0.1) is 23.5 Å². The quantitative estimate of drug-likeness (QED) is 0.518. The van der Waals surface area contributed by atoms with E-state index in [1.165, 1.54) is 0 Å². The molecule has 1 saturated heterocycles. The summed E-state index contributed by atoms with van der Waals surface area (Å²) in [4.78, 5) is 10.7. The van der Waals surface area contributed by atoms with Crippen LogP contribution in [0.5, 0.6) is 5.75 Å². The van der Waals surface area contributed by atoms with Gasteiger partial charge in [0.05, 0.1) is 22.7 Å². The molecule has 4 N–H and O–H groups in total. The molecule has 2 atom stereocenters. The molecule has 5 nitrogen and oxygen atoms in total. The topological polar surface area (TPSA) is 98.0 Å². The second-order valence-corrected chi connectivity index (χ2v) is 9.69. The Balaban J connectivity index is 1.94. The van der Waals surface area contributed by atoms with Crippen LogP contribution in [0.4, 0.5) is 0 Å². The molecule has 0 spiro atoms. The van der Waals surface area contributed by atoms with Crippen molar-refractivity contribution in [3.63, 3.8) is 0 Å². The SMILES string of the molecule is O=C(O)C[C@@H](O)C[C@@H](O)CC1(CCc2ccc(O)cc2)SCCCS1. The molecule has 25 heavy (non-hydrogen) atoms. The highest BCUT2D eigenvalue weighted by Crippen LogP contribution is 2.49. The smallest absolute Gasteiger partial charge is 0.305 e. The summed E-state index contributed by atoms with van der Waals surface area (Å²) in [7, 11) is 0. The Bertz CT molecular complexity index is 543. The van der Waals surface area contributed by atoms with Gasteiger partial charge in [-0.3, -0.25) is 4.79 Å². The predicted molar refractivity (Wildman–Crippen MR) is 102 cm³/mol. The summed E-state index contributed by atoms with van der Waals surface area (Å²) < 4.78 is -0.113. The van der Waals surface area contributed by atoms with Crippen molar-refractivity contribution >= 4 is 29.5 Å². The molecule has 1 fully saturated rings. The second kappa shape index (κ2) is 9.71. The molecule has 140 valence electrons. The fraction of sp³-hybridized carbons (Fsp3) is 0.611. The van der Waals surface area contributed by atoms with Crippen molar-refractivity contribution in [2.45, 2.75) is 54.8 Å². The van der Waals surface area contributed by atoms with Crippen molar-refractivity contribution in [1.82, 2.24) is 0 Å². The van der Waals surface area contributed by atoms with Crippen LogP contribution in [0.2, 0.25) is 0 Å². The Morgan fingerprint density at radius 2 is 1.76 bits per heavy atom. The molecule has 1 aromatic carbocycles. The number of hydrogen-bond donors (Lipinski definition) is 4. The molecule has 0 aromatic heterocycles. The predicted octanol–water partition coefficient (Wildman–Crippen LogP) is 2.87. The first-order valence-corrected chi connectivity index (χ1v) is 10.5. The number of phenols is 1. The number of rotatable bonds is 9. The number of thioether (sulfide) groups is 2. The van der Waals surface area contributed by atoms with Gasteiger partial charge in [0.15, 0.2) is 0 Å². The number of aliphatic hydroxyl groups is 2. The number of carbonyl (C=O) groups is 1. The lowest BCUT2D eigenvalue weighted by Crippen LogP contribution is -2.33. The summed E-state index contributed by atoms with van der Waals surface area (Å²) in [6.45, 7) is 0. The monoisotopic (exact) mass is 386 g/mol. The van der Waals surface area contributed by atoms with E-state index in [4.69, 9.17) is 5.11 Å². The largest absolute Gasteiger partial charge is 0.508 e. The Morgan fingerprint density at radius 3 is 2.36 bits per heavy atom. The van der Waals surface area contributed by atoms with E-state index in [0.717, 1.165) is 36.3 Å². The van der Waals surface area contributed by atoms with Gasteiger partial charge in [-0.05, 0) is 61.3 Å². The van der Waals surface area contributed by atoms with Crippen molar-refractivity contribution in [3.05, 3.63) is 29.8 Å². The van der Waals surface area contributed by atoms with Crippen LogP contribution < -0.4 is 0 Å². The van der Waals surface area contributed by atoms with Crippen LogP contribution in [-0.2, 0) is 11.2 Å². The summed E-state index contributed by atoms with van der Waals surface area (Å²) in [5, 5.41) is 38.2. The molecule has 1 aliphatic rings. The molecule has 0 aliphatic carbocycles. The first-order chi connectivity index (χ1) is 11.9. The summed E-state index contributed by atoms with van der Waals surface area (Å²) >= 11 is 3.72. The number of aliphatic carboxylic acids is 1. The van der Waals surface area contributed by atoms with Crippen molar-refractivity contribution in [3.8, 4) is 5.75 Å². The highest BCUT2D eigenvalue weighted by Gasteiger charge is 2.36. The maximum absolute atomic E-state index is 10.7. The maximum Gasteiger partial charge on any atom is 0.305 e. The highest BCUT2D eigenvalue weighted by atomic mass is 32.2. The number of phenolic OH excluding ortho intramolecular Hbond substituents is 1. The van der Waals surface area contributed by atoms with Gasteiger partial charge >= 0.3 is 5.97 Å². The van der Waals surface area contributed by atoms with Gasteiger partial charge in [-0.1, -0.05) is 12.1 Å². The number of hydrogen-bond acceptors (Lipinski definition) is 6. The summed E-state index contributed by atoms with van der Waals surface area (Å²) in [5.41, 5.74) is 1.14.